The molecule has 4 rings (SSSR count). The Morgan fingerprint density at radius 1 is 1.29 bits per heavy atom. The Bertz CT molecular complexity index is 734. The number of carbonyl (C=O) groups excluding carboxylic acids is 1. The second kappa shape index (κ2) is 6.95. The Labute approximate surface area is 148 Å². The zero-order valence-corrected chi connectivity index (χ0v) is 14.7. The monoisotopic (exact) mass is 346 g/mol. The fraction of sp³-hybridized carbons (Fsp3) is 0.444. The van der Waals surface area contributed by atoms with Gasteiger partial charge in [-0.1, -0.05) is 17.7 Å². The van der Waals surface area contributed by atoms with Gasteiger partial charge in [0.05, 0.1) is 5.69 Å². The van der Waals surface area contributed by atoms with Gasteiger partial charge >= 0.3 is 0 Å². The maximum absolute atomic E-state index is 12.5. The van der Waals surface area contributed by atoms with Gasteiger partial charge in [0, 0.05) is 36.8 Å². The highest BCUT2D eigenvalue weighted by atomic mass is 35.5. The molecule has 1 saturated heterocycles. The molecule has 5 nitrogen and oxygen atoms in total. The first kappa shape index (κ1) is 17.0. The first-order valence-corrected chi connectivity index (χ1v) is 8.39. The van der Waals surface area contributed by atoms with E-state index in [9.17, 15) is 4.79 Å². The zero-order chi connectivity index (χ0) is 15.8. The third-order valence-corrected chi connectivity index (χ3v) is 4.84. The molecule has 0 radical (unpaired) electrons. The summed E-state index contributed by atoms with van der Waals surface area (Å²) in [7, 11) is 0. The molecule has 0 bridgehead atoms. The Morgan fingerprint density at radius 2 is 2.04 bits per heavy atom. The number of fused-ring (bicyclic) bond motifs is 1. The maximum Gasteiger partial charge on any atom is 0.272 e. The van der Waals surface area contributed by atoms with Crippen LogP contribution in [0.15, 0.2) is 24.3 Å². The summed E-state index contributed by atoms with van der Waals surface area (Å²) < 4.78 is 1.96. The number of halogens is 1. The van der Waals surface area contributed by atoms with Gasteiger partial charge in [-0.15, -0.1) is 12.4 Å². The molecule has 2 heterocycles. The summed E-state index contributed by atoms with van der Waals surface area (Å²) in [4.78, 5) is 12.5. The van der Waals surface area contributed by atoms with Crippen molar-refractivity contribution in [3.63, 3.8) is 0 Å². The molecule has 1 amide bonds. The number of hydrogen-bond donors (Lipinski definition) is 2. The van der Waals surface area contributed by atoms with Crippen LogP contribution in [0.25, 0.3) is 5.69 Å². The molecule has 0 unspecified atom stereocenters. The molecule has 1 fully saturated rings. The van der Waals surface area contributed by atoms with Crippen LogP contribution < -0.4 is 10.6 Å². The minimum absolute atomic E-state index is 0. The van der Waals surface area contributed by atoms with Crippen molar-refractivity contribution >= 4 is 18.3 Å². The van der Waals surface area contributed by atoms with Gasteiger partial charge in [0.15, 0.2) is 5.69 Å². The molecule has 2 N–H and O–H groups in total. The summed E-state index contributed by atoms with van der Waals surface area (Å²) in [5, 5.41) is 10.9. The summed E-state index contributed by atoms with van der Waals surface area (Å²) >= 11 is 0. The number of aromatic nitrogens is 2. The summed E-state index contributed by atoms with van der Waals surface area (Å²) in [5.74, 6) is 0.534. The molecule has 0 saturated carbocycles. The lowest BCUT2D eigenvalue weighted by Gasteiger charge is -2.26. The van der Waals surface area contributed by atoms with Crippen molar-refractivity contribution < 1.29 is 4.79 Å². The van der Waals surface area contributed by atoms with Gasteiger partial charge in [0.1, 0.15) is 0 Å². The lowest BCUT2D eigenvalue weighted by Crippen LogP contribution is -2.48. The van der Waals surface area contributed by atoms with Crippen LogP contribution in [0, 0.1) is 12.8 Å². The van der Waals surface area contributed by atoms with E-state index in [1.807, 2.05) is 4.68 Å². The van der Waals surface area contributed by atoms with Crippen LogP contribution in [-0.2, 0) is 12.8 Å². The van der Waals surface area contributed by atoms with E-state index < -0.39 is 0 Å². The van der Waals surface area contributed by atoms with Gasteiger partial charge in [-0.05, 0) is 38.3 Å². The molecule has 1 aromatic heterocycles. The van der Waals surface area contributed by atoms with Crippen molar-refractivity contribution in [2.45, 2.75) is 26.2 Å². The number of benzene rings is 1. The number of hydrogen-bond acceptors (Lipinski definition) is 3. The lowest BCUT2D eigenvalue weighted by atomic mass is 10.0. The average Bonchev–Trinajstić information content (AvgIpc) is 3.08. The van der Waals surface area contributed by atoms with E-state index in [4.69, 9.17) is 0 Å². The van der Waals surface area contributed by atoms with E-state index in [2.05, 4.69) is 46.9 Å². The van der Waals surface area contributed by atoms with Crippen molar-refractivity contribution in [3.05, 3.63) is 46.8 Å². The van der Waals surface area contributed by atoms with Gasteiger partial charge < -0.3 is 10.6 Å². The second-order valence-corrected chi connectivity index (χ2v) is 6.61. The number of carbonyl (C=O) groups is 1. The van der Waals surface area contributed by atoms with Gasteiger partial charge in [-0.25, -0.2) is 4.68 Å². The smallest absolute Gasteiger partial charge is 0.272 e. The van der Waals surface area contributed by atoms with Gasteiger partial charge in [0.2, 0.25) is 0 Å². The molecule has 128 valence electrons. The zero-order valence-electron chi connectivity index (χ0n) is 13.8. The topological polar surface area (TPSA) is 59.0 Å². The Balaban J connectivity index is 0.00000169. The number of amides is 1. The quantitative estimate of drug-likeness (QED) is 0.890. The van der Waals surface area contributed by atoms with Gasteiger partial charge in [0.25, 0.3) is 5.91 Å². The highest BCUT2D eigenvalue weighted by Crippen LogP contribution is 2.28. The van der Waals surface area contributed by atoms with Crippen molar-refractivity contribution in [2.75, 3.05) is 19.6 Å². The minimum atomic E-state index is -0.0269. The van der Waals surface area contributed by atoms with E-state index in [1.54, 1.807) is 0 Å². The first-order valence-electron chi connectivity index (χ1n) is 8.39. The molecule has 1 aliphatic carbocycles. The van der Waals surface area contributed by atoms with Crippen LogP contribution >= 0.6 is 12.4 Å². The highest BCUT2D eigenvalue weighted by Gasteiger charge is 2.27. The molecular formula is C18H23ClN4O. The van der Waals surface area contributed by atoms with Crippen LogP contribution in [0.2, 0.25) is 0 Å². The van der Waals surface area contributed by atoms with Crippen molar-refractivity contribution in [2.24, 2.45) is 5.92 Å². The molecule has 0 spiro atoms. The highest BCUT2D eigenvalue weighted by molar-refractivity contribution is 5.94. The predicted molar refractivity (Wildman–Crippen MR) is 96.3 cm³/mol. The normalized spacial score (nSPS) is 16.2. The summed E-state index contributed by atoms with van der Waals surface area (Å²) in [6, 6.07) is 8.31. The van der Waals surface area contributed by atoms with Gasteiger partial charge in [-0.3, -0.25) is 4.79 Å². The molecule has 2 aromatic rings. The minimum Gasteiger partial charge on any atom is -0.350 e. The molecule has 24 heavy (non-hydrogen) atoms. The van der Waals surface area contributed by atoms with Crippen molar-refractivity contribution in [1.82, 2.24) is 20.4 Å². The van der Waals surface area contributed by atoms with Crippen LogP contribution in [0.1, 0.15) is 33.7 Å². The number of nitrogens with one attached hydrogen (secondary N) is 2. The number of aryl methyl sites for hydroxylation is 1. The van der Waals surface area contributed by atoms with E-state index in [1.165, 1.54) is 11.3 Å². The van der Waals surface area contributed by atoms with Crippen molar-refractivity contribution in [3.8, 4) is 5.69 Å². The number of rotatable bonds is 4. The van der Waals surface area contributed by atoms with E-state index >= 15 is 0 Å². The molecule has 1 aliphatic heterocycles. The standard InChI is InChI=1S/C18H22N4O.ClH/c1-12-5-7-14(8-6-12)22-16-4-2-3-15(16)17(21-22)18(23)20-11-13-9-19-10-13;/h5-8,13,19H,2-4,9-11H2,1H3,(H,20,23);1H. The lowest BCUT2D eigenvalue weighted by molar-refractivity contribution is 0.0936. The summed E-state index contributed by atoms with van der Waals surface area (Å²) in [6.45, 7) is 4.80. The van der Waals surface area contributed by atoms with Crippen LogP contribution in [0.5, 0.6) is 0 Å². The molecule has 0 atom stereocenters. The van der Waals surface area contributed by atoms with Crippen LogP contribution in [-0.4, -0.2) is 35.3 Å². The predicted octanol–water partition coefficient (Wildman–Crippen LogP) is 2.04. The van der Waals surface area contributed by atoms with Crippen molar-refractivity contribution in [1.29, 1.82) is 0 Å². The fourth-order valence-corrected chi connectivity index (χ4v) is 3.33. The summed E-state index contributed by atoms with van der Waals surface area (Å²) in [6.07, 6.45) is 3.05. The van der Waals surface area contributed by atoms with E-state index in [0.29, 0.717) is 11.6 Å². The molecular weight excluding hydrogens is 324 g/mol. The van der Waals surface area contributed by atoms with E-state index in [-0.39, 0.29) is 18.3 Å². The molecule has 1 aromatic carbocycles. The number of nitrogens with zero attached hydrogens (tertiary/aromatic N) is 2. The average molecular weight is 347 g/mol. The Hall–Kier alpha value is -1.85. The largest absolute Gasteiger partial charge is 0.350 e. The van der Waals surface area contributed by atoms with Crippen LogP contribution in [0.4, 0.5) is 0 Å². The SMILES string of the molecule is Cc1ccc(-n2nc(C(=O)NCC3CNC3)c3c2CCC3)cc1.Cl. The molecule has 6 heteroatoms. The fourth-order valence-electron chi connectivity index (χ4n) is 3.33. The second-order valence-electron chi connectivity index (χ2n) is 6.61. The van der Waals surface area contributed by atoms with Crippen LogP contribution in [0.3, 0.4) is 0 Å². The third kappa shape index (κ3) is 3.06. The van der Waals surface area contributed by atoms with Gasteiger partial charge in [-0.2, -0.15) is 5.10 Å². The molecule has 2 aliphatic rings. The maximum atomic E-state index is 12.5. The Morgan fingerprint density at radius 3 is 2.71 bits per heavy atom. The first-order chi connectivity index (χ1) is 11.2. The third-order valence-electron chi connectivity index (χ3n) is 4.84. The van der Waals surface area contributed by atoms with E-state index in [0.717, 1.165) is 50.1 Å². The Kier molecular flexibility index (Phi) is 4.92. The summed E-state index contributed by atoms with van der Waals surface area (Å²) in [5.41, 5.74) is 5.21.